The second kappa shape index (κ2) is 6.97. The summed E-state index contributed by atoms with van der Waals surface area (Å²) in [6, 6.07) is 7.61. The Morgan fingerprint density at radius 2 is 2.22 bits per heavy atom. The highest BCUT2D eigenvalue weighted by Gasteiger charge is 2.32. The zero-order valence-electron chi connectivity index (χ0n) is 12.7. The van der Waals surface area contributed by atoms with Crippen LogP contribution in [0.3, 0.4) is 0 Å². The first-order chi connectivity index (χ1) is 11.2. The molecule has 2 heterocycles. The van der Waals surface area contributed by atoms with Crippen molar-refractivity contribution in [3.63, 3.8) is 0 Å². The fraction of sp³-hybridized carbons (Fsp3) is 0.188. The number of methoxy groups -OCH3 is 1. The normalized spacial score (nSPS) is 18.2. The zero-order chi connectivity index (χ0) is 16.2. The number of carbonyl (C=O) groups excluding carboxylic acids is 1. The van der Waals surface area contributed by atoms with Gasteiger partial charge in [-0.1, -0.05) is 18.2 Å². The molecule has 0 unspecified atom stereocenters. The number of para-hydroxylation sites is 1. The summed E-state index contributed by atoms with van der Waals surface area (Å²) in [5, 5.41) is 3.17. The van der Waals surface area contributed by atoms with Crippen molar-refractivity contribution in [2.24, 2.45) is 4.99 Å². The molecule has 118 valence electrons. The van der Waals surface area contributed by atoms with E-state index >= 15 is 0 Å². The molecule has 7 heteroatoms. The van der Waals surface area contributed by atoms with Crippen molar-refractivity contribution in [3.05, 3.63) is 46.3 Å². The molecule has 3 rings (SSSR count). The largest absolute Gasteiger partial charge is 0.496 e. The van der Waals surface area contributed by atoms with Gasteiger partial charge in [-0.05, 0) is 30.8 Å². The molecule has 0 bridgehead atoms. The molecule has 1 aliphatic heterocycles. The van der Waals surface area contributed by atoms with Crippen LogP contribution in [0.2, 0.25) is 0 Å². The highest BCUT2D eigenvalue weighted by atomic mass is 32.2. The Labute approximate surface area is 142 Å². The number of rotatable bonds is 4. The van der Waals surface area contributed by atoms with Gasteiger partial charge in [-0.15, -0.1) is 11.3 Å². The molecule has 1 fully saturated rings. The quantitative estimate of drug-likeness (QED) is 0.792. The van der Waals surface area contributed by atoms with Crippen LogP contribution in [0.5, 0.6) is 5.75 Å². The molecule has 23 heavy (non-hydrogen) atoms. The van der Waals surface area contributed by atoms with Gasteiger partial charge in [0.25, 0.3) is 5.91 Å². The van der Waals surface area contributed by atoms with Gasteiger partial charge in [-0.3, -0.25) is 9.69 Å². The molecular formula is C16H15N3O2S2. The van der Waals surface area contributed by atoms with E-state index in [0.29, 0.717) is 21.7 Å². The molecule has 1 aromatic carbocycles. The third kappa shape index (κ3) is 3.30. The van der Waals surface area contributed by atoms with E-state index in [1.807, 2.05) is 42.6 Å². The van der Waals surface area contributed by atoms with Crippen LogP contribution >= 0.6 is 23.1 Å². The van der Waals surface area contributed by atoms with Crippen molar-refractivity contribution in [3.8, 4) is 5.75 Å². The van der Waals surface area contributed by atoms with Crippen LogP contribution < -0.4 is 4.74 Å². The lowest BCUT2D eigenvalue weighted by Gasteiger charge is -2.11. The van der Waals surface area contributed by atoms with Crippen molar-refractivity contribution in [2.75, 3.05) is 13.7 Å². The molecule has 0 N–H and O–H groups in total. The third-order valence-electron chi connectivity index (χ3n) is 3.24. The Morgan fingerprint density at radius 3 is 2.91 bits per heavy atom. The monoisotopic (exact) mass is 345 g/mol. The van der Waals surface area contributed by atoms with Gasteiger partial charge in [0.15, 0.2) is 5.17 Å². The van der Waals surface area contributed by atoms with Crippen LogP contribution in [0, 0.1) is 0 Å². The molecular weight excluding hydrogens is 330 g/mol. The fourth-order valence-corrected chi connectivity index (χ4v) is 3.75. The molecule has 0 atom stereocenters. The predicted octanol–water partition coefficient (Wildman–Crippen LogP) is 3.78. The van der Waals surface area contributed by atoms with Gasteiger partial charge in [0.1, 0.15) is 5.75 Å². The van der Waals surface area contributed by atoms with Crippen molar-refractivity contribution in [1.82, 2.24) is 9.88 Å². The Balaban J connectivity index is 1.95. The summed E-state index contributed by atoms with van der Waals surface area (Å²) in [4.78, 5) is 23.5. The van der Waals surface area contributed by atoms with E-state index < -0.39 is 0 Å². The van der Waals surface area contributed by atoms with E-state index in [4.69, 9.17) is 4.74 Å². The third-order valence-corrected chi connectivity index (χ3v) is 4.91. The summed E-state index contributed by atoms with van der Waals surface area (Å²) < 4.78 is 5.34. The second-order valence-electron chi connectivity index (χ2n) is 4.61. The number of thiazole rings is 1. The molecule has 2 aromatic rings. The minimum Gasteiger partial charge on any atom is -0.496 e. The van der Waals surface area contributed by atoms with Gasteiger partial charge in [-0.25, -0.2) is 4.98 Å². The standard InChI is InChI=1S/C16H15N3O2S2/c1-3-19-14(20)13(10-11-6-4-5-7-12(11)21-2)23-16(19)18-15-17-8-9-22-15/h4-10H,3H2,1-2H3/b13-10-,18-16+. The van der Waals surface area contributed by atoms with Gasteiger partial charge >= 0.3 is 0 Å². The lowest BCUT2D eigenvalue weighted by Crippen LogP contribution is -2.28. The number of likely N-dealkylation sites (N-methyl/N-ethyl adjacent to an activating group) is 1. The maximum absolute atomic E-state index is 12.6. The topological polar surface area (TPSA) is 54.8 Å². The Bertz CT molecular complexity index is 769. The van der Waals surface area contributed by atoms with Gasteiger partial charge in [0.2, 0.25) is 5.13 Å². The summed E-state index contributed by atoms with van der Waals surface area (Å²) in [5.41, 5.74) is 0.873. The van der Waals surface area contributed by atoms with Crippen LogP contribution in [0.25, 0.3) is 6.08 Å². The minimum atomic E-state index is -0.0429. The first-order valence-electron chi connectivity index (χ1n) is 7.05. The lowest BCUT2D eigenvalue weighted by molar-refractivity contribution is -0.122. The molecule has 1 aromatic heterocycles. The highest BCUT2D eigenvalue weighted by Crippen LogP contribution is 2.35. The molecule has 0 aliphatic carbocycles. The maximum atomic E-state index is 12.6. The van der Waals surface area contributed by atoms with E-state index in [9.17, 15) is 4.79 Å². The van der Waals surface area contributed by atoms with Crippen molar-refractivity contribution < 1.29 is 9.53 Å². The van der Waals surface area contributed by atoms with Crippen LogP contribution in [-0.2, 0) is 4.79 Å². The van der Waals surface area contributed by atoms with Gasteiger partial charge in [-0.2, -0.15) is 4.99 Å². The average Bonchev–Trinajstić information content (AvgIpc) is 3.17. The minimum absolute atomic E-state index is 0.0429. The van der Waals surface area contributed by atoms with E-state index in [1.165, 1.54) is 23.1 Å². The number of amides is 1. The summed E-state index contributed by atoms with van der Waals surface area (Å²) in [7, 11) is 1.62. The highest BCUT2D eigenvalue weighted by molar-refractivity contribution is 8.18. The Hall–Kier alpha value is -2.12. The summed E-state index contributed by atoms with van der Waals surface area (Å²) in [6.07, 6.45) is 3.55. The number of nitrogens with zero attached hydrogens (tertiary/aromatic N) is 3. The second-order valence-corrected chi connectivity index (χ2v) is 6.49. The number of ether oxygens (including phenoxy) is 1. The van der Waals surface area contributed by atoms with Crippen molar-refractivity contribution in [2.45, 2.75) is 6.92 Å². The molecule has 0 radical (unpaired) electrons. The zero-order valence-corrected chi connectivity index (χ0v) is 14.4. The van der Waals surface area contributed by atoms with Crippen LogP contribution in [0.1, 0.15) is 12.5 Å². The average molecular weight is 345 g/mol. The number of hydrogen-bond acceptors (Lipinski definition) is 6. The molecule has 0 spiro atoms. The molecule has 1 saturated heterocycles. The van der Waals surface area contributed by atoms with E-state index in [1.54, 1.807) is 18.2 Å². The summed E-state index contributed by atoms with van der Waals surface area (Å²) >= 11 is 2.81. The van der Waals surface area contributed by atoms with E-state index in [2.05, 4.69) is 9.98 Å². The first kappa shape index (κ1) is 15.8. The maximum Gasteiger partial charge on any atom is 0.266 e. The SMILES string of the molecule is CCN1C(=O)/C(=C/c2ccccc2OC)S/C1=N/c1nccs1. The lowest BCUT2D eigenvalue weighted by atomic mass is 10.2. The number of carbonyl (C=O) groups is 1. The van der Waals surface area contributed by atoms with Crippen molar-refractivity contribution in [1.29, 1.82) is 0 Å². The van der Waals surface area contributed by atoms with E-state index in [0.717, 1.165) is 11.3 Å². The summed E-state index contributed by atoms with van der Waals surface area (Å²) in [5.74, 6) is 0.695. The Morgan fingerprint density at radius 1 is 1.39 bits per heavy atom. The molecule has 5 nitrogen and oxygen atoms in total. The smallest absolute Gasteiger partial charge is 0.266 e. The van der Waals surface area contributed by atoms with Gasteiger partial charge in [0.05, 0.1) is 12.0 Å². The number of aromatic nitrogens is 1. The van der Waals surface area contributed by atoms with Gasteiger partial charge < -0.3 is 4.74 Å². The number of thioether (sulfide) groups is 1. The fourth-order valence-electron chi connectivity index (χ4n) is 2.15. The van der Waals surface area contributed by atoms with E-state index in [-0.39, 0.29) is 5.91 Å². The predicted molar refractivity (Wildman–Crippen MR) is 95.2 cm³/mol. The van der Waals surface area contributed by atoms with Gasteiger partial charge in [0, 0.05) is 23.7 Å². The molecule has 0 saturated carbocycles. The number of amidine groups is 1. The molecule has 1 amide bonds. The molecule has 1 aliphatic rings. The number of benzene rings is 1. The van der Waals surface area contributed by atoms with Crippen LogP contribution in [0.4, 0.5) is 5.13 Å². The summed E-state index contributed by atoms with van der Waals surface area (Å²) in [6.45, 7) is 2.50. The van der Waals surface area contributed by atoms with Crippen LogP contribution in [-0.4, -0.2) is 34.6 Å². The van der Waals surface area contributed by atoms with Crippen LogP contribution in [0.15, 0.2) is 45.7 Å². The Kier molecular flexibility index (Phi) is 4.78. The van der Waals surface area contributed by atoms with Crippen molar-refractivity contribution >= 4 is 45.4 Å². The first-order valence-corrected chi connectivity index (χ1v) is 8.75. The number of hydrogen-bond donors (Lipinski definition) is 0. The number of aliphatic imine (C=N–C) groups is 1.